The largest absolute Gasteiger partial charge is 0.271 e. The van der Waals surface area contributed by atoms with Gasteiger partial charge in [-0.3, -0.25) is 5.84 Å². The molecule has 0 aliphatic heterocycles. The van der Waals surface area contributed by atoms with E-state index in [0.29, 0.717) is 0 Å². The Morgan fingerprint density at radius 1 is 1.11 bits per heavy atom. The molecule has 96 valence electrons. The van der Waals surface area contributed by atoms with Crippen molar-refractivity contribution in [1.82, 2.24) is 5.43 Å². The van der Waals surface area contributed by atoms with E-state index in [9.17, 15) is 0 Å². The molecule has 3 N–H and O–H groups in total. The Bertz CT molecular complexity index is 534. The van der Waals surface area contributed by atoms with Gasteiger partial charge in [0, 0.05) is 4.88 Å². The summed E-state index contributed by atoms with van der Waals surface area (Å²) in [5.41, 5.74) is 9.42. The van der Waals surface area contributed by atoms with E-state index in [2.05, 4.69) is 56.7 Å². The number of rotatable bonds is 3. The molecule has 1 atom stereocenters. The van der Waals surface area contributed by atoms with E-state index in [-0.39, 0.29) is 6.04 Å². The molecule has 0 saturated heterocycles. The average Bonchev–Trinajstić information content (AvgIpc) is 2.69. The standard InChI is InChI=1S/C15H20N2S/c1-9-7-10(2)14(11(3)8-9)15(17-16)13-5-6-18-12(13)4/h5-8,15,17H,16H2,1-4H3. The molecule has 0 aliphatic carbocycles. The van der Waals surface area contributed by atoms with Crippen LogP contribution in [0.1, 0.15) is 38.7 Å². The maximum Gasteiger partial charge on any atom is 0.0725 e. The fraction of sp³-hybridized carbons (Fsp3) is 0.333. The van der Waals surface area contributed by atoms with Crippen molar-refractivity contribution in [2.45, 2.75) is 33.7 Å². The molecule has 2 nitrogen and oxygen atoms in total. The summed E-state index contributed by atoms with van der Waals surface area (Å²) in [6.07, 6.45) is 0. The van der Waals surface area contributed by atoms with E-state index in [1.165, 1.54) is 32.7 Å². The first-order valence-electron chi connectivity index (χ1n) is 6.12. The van der Waals surface area contributed by atoms with Crippen LogP contribution in [0.2, 0.25) is 0 Å². The molecule has 0 saturated carbocycles. The summed E-state index contributed by atoms with van der Waals surface area (Å²) in [6.45, 7) is 8.58. The van der Waals surface area contributed by atoms with E-state index in [1.54, 1.807) is 11.3 Å². The van der Waals surface area contributed by atoms with Gasteiger partial charge in [0.05, 0.1) is 6.04 Å². The first-order valence-corrected chi connectivity index (χ1v) is 7.00. The zero-order chi connectivity index (χ0) is 13.3. The predicted octanol–water partition coefficient (Wildman–Crippen LogP) is 3.53. The third-order valence-electron chi connectivity index (χ3n) is 3.40. The van der Waals surface area contributed by atoms with Crippen LogP contribution in [0.4, 0.5) is 0 Å². The van der Waals surface area contributed by atoms with Crippen molar-refractivity contribution < 1.29 is 0 Å². The maximum atomic E-state index is 5.80. The van der Waals surface area contributed by atoms with Gasteiger partial charge in [0.25, 0.3) is 0 Å². The van der Waals surface area contributed by atoms with Gasteiger partial charge in [-0.15, -0.1) is 11.3 Å². The third-order valence-corrected chi connectivity index (χ3v) is 4.26. The zero-order valence-electron chi connectivity index (χ0n) is 11.4. The van der Waals surface area contributed by atoms with Gasteiger partial charge in [-0.2, -0.15) is 0 Å². The monoisotopic (exact) mass is 260 g/mol. The average molecular weight is 260 g/mol. The molecule has 2 aromatic rings. The van der Waals surface area contributed by atoms with Crippen LogP contribution < -0.4 is 11.3 Å². The van der Waals surface area contributed by atoms with Gasteiger partial charge >= 0.3 is 0 Å². The number of hydrogen-bond acceptors (Lipinski definition) is 3. The normalized spacial score (nSPS) is 12.7. The van der Waals surface area contributed by atoms with E-state index in [0.717, 1.165) is 0 Å². The Hall–Kier alpha value is -1.16. The molecule has 1 unspecified atom stereocenters. The van der Waals surface area contributed by atoms with Crippen LogP contribution >= 0.6 is 11.3 Å². The number of hydrazine groups is 1. The summed E-state index contributed by atoms with van der Waals surface area (Å²) < 4.78 is 0. The molecule has 1 aromatic carbocycles. The minimum atomic E-state index is 0.0804. The Kier molecular flexibility index (Phi) is 3.85. The summed E-state index contributed by atoms with van der Waals surface area (Å²) in [7, 11) is 0. The molecule has 1 heterocycles. The maximum absolute atomic E-state index is 5.80. The topological polar surface area (TPSA) is 38.0 Å². The SMILES string of the molecule is Cc1cc(C)c(C(NN)c2ccsc2C)c(C)c1. The lowest BCUT2D eigenvalue weighted by Gasteiger charge is -2.22. The highest BCUT2D eigenvalue weighted by Crippen LogP contribution is 2.31. The molecule has 0 bridgehead atoms. The Morgan fingerprint density at radius 3 is 2.17 bits per heavy atom. The molecule has 3 heteroatoms. The quantitative estimate of drug-likeness (QED) is 0.654. The summed E-state index contributed by atoms with van der Waals surface area (Å²) >= 11 is 1.76. The number of hydrogen-bond donors (Lipinski definition) is 2. The second-order valence-corrected chi connectivity index (χ2v) is 5.96. The third kappa shape index (κ3) is 2.34. The number of thiophene rings is 1. The first-order chi connectivity index (χ1) is 8.54. The minimum Gasteiger partial charge on any atom is -0.271 e. The fourth-order valence-electron chi connectivity index (χ4n) is 2.67. The number of nitrogens with two attached hydrogens (primary N) is 1. The molecule has 1 aromatic heterocycles. The van der Waals surface area contributed by atoms with Gasteiger partial charge in [-0.1, -0.05) is 17.7 Å². The lowest BCUT2D eigenvalue weighted by Crippen LogP contribution is -2.30. The molecule has 0 amide bonds. The Labute approximate surface area is 113 Å². The van der Waals surface area contributed by atoms with Crippen molar-refractivity contribution in [3.8, 4) is 0 Å². The van der Waals surface area contributed by atoms with Crippen molar-refractivity contribution in [2.75, 3.05) is 0 Å². The summed E-state index contributed by atoms with van der Waals surface area (Å²) in [5.74, 6) is 5.80. The van der Waals surface area contributed by atoms with Crippen molar-refractivity contribution in [1.29, 1.82) is 0 Å². The van der Waals surface area contributed by atoms with Gasteiger partial charge in [-0.05, 0) is 61.4 Å². The van der Waals surface area contributed by atoms with Crippen LogP contribution in [0.5, 0.6) is 0 Å². The van der Waals surface area contributed by atoms with E-state index >= 15 is 0 Å². The lowest BCUT2D eigenvalue weighted by molar-refractivity contribution is 0.629. The molecule has 2 rings (SSSR count). The molecular weight excluding hydrogens is 240 g/mol. The minimum absolute atomic E-state index is 0.0804. The summed E-state index contributed by atoms with van der Waals surface area (Å²) in [4.78, 5) is 1.32. The molecule has 0 radical (unpaired) electrons. The Balaban J connectivity index is 2.56. The number of aryl methyl sites for hydroxylation is 4. The van der Waals surface area contributed by atoms with Crippen molar-refractivity contribution in [2.24, 2.45) is 5.84 Å². The lowest BCUT2D eigenvalue weighted by atomic mass is 9.90. The van der Waals surface area contributed by atoms with E-state index < -0.39 is 0 Å². The second kappa shape index (κ2) is 5.22. The Morgan fingerprint density at radius 2 is 1.72 bits per heavy atom. The van der Waals surface area contributed by atoms with Gasteiger partial charge in [0.15, 0.2) is 0 Å². The van der Waals surface area contributed by atoms with Crippen molar-refractivity contribution in [3.05, 3.63) is 56.3 Å². The van der Waals surface area contributed by atoms with Crippen molar-refractivity contribution in [3.63, 3.8) is 0 Å². The van der Waals surface area contributed by atoms with E-state index in [1.807, 2.05) is 0 Å². The highest BCUT2D eigenvalue weighted by atomic mass is 32.1. The van der Waals surface area contributed by atoms with Gasteiger partial charge in [-0.25, -0.2) is 5.43 Å². The van der Waals surface area contributed by atoms with Crippen molar-refractivity contribution >= 4 is 11.3 Å². The van der Waals surface area contributed by atoms with Crippen LogP contribution in [-0.4, -0.2) is 0 Å². The molecular formula is C15H20N2S. The molecule has 0 aliphatic rings. The van der Waals surface area contributed by atoms with Crippen LogP contribution in [-0.2, 0) is 0 Å². The first kappa shape index (κ1) is 13.3. The predicted molar refractivity (Wildman–Crippen MR) is 78.9 cm³/mol. The smallest absolute Gasteiger partial charge is 0.0725 e. The number of nitrogens with one attached hydrogen (secondary N) is 1. The van der Waals surface area contributed by atoms with Gasteiger partial charge in [0.1, 0.15) is 0 Å². The molecule has 18 heavy (non-hydrogen) atoms. The van der Waals surface area contributed by atoms with Gasteiger partial charge < -0.3 is 0 Å². The van der Waals surface area contributed by atoms with Crippen LogP contribution in [0.15, 0.2) is 23.6 Å². The number of benzene rings is 1. The molecule has 0 fully saturated rings. The zero-order valence-corrected chi connectivity index (χ0v) is 12.2. The van der Waals surface area contributed by atoms with Gasteiger partial charge in [0.2, 0.25) is 0 Å². The summed E-state index contributed by atoms with van der Waals surface area (Å²) in [6, 6.07) is 6.67. The van der Waals surface area contributed by atoms with E-state index in [4.69, 9.17) is 5.84 Å². The van der Waals surface area contributed by atoms with Crippen LogP contribution in [0, 0.1) is 27.7 Å². The highest BCUT2D eigenvalue weighted by Gasteiger charge is 2.19. The molecule has 0 spiro atoms. The highest BCUT2D eigenvalue weighted by molar-refractivity contribution is 7.10. The fourth-order valence-corrected chi connectivity index (χ4v) is 3.41. The summed E-state index contributed by atoms with van der Waals surface area (Å²) in [5, 5.41) is 2.12. The second-order valence-electron chi connectivity index (χ2n) is 4.84. The van der Waals surface area contributed by atoms with Crippen LogP contribution in [0.25, 0.3) is 0 Å². The van der Waals surface area contributed by atoms with Crippen LogP contribution in [0.3, 0.4) is 0 Å².